The van der Waals surface area contributed by atoms with Crippen LogP contribution in [0.2, 0.25) is 0 Å². The molecule has 0 aliphatic carbocycles. The van der Waals surface area contributed by atoms with E-state index in [4.69, 9.17) is 5.11 Å². The summed E-state index contributed by atoms with van der Waals surface area (Å²) in [5, 5.41) is 8.76. The van der Waals surface area contributed by atoms with E-state index in [1.54, 1.807) is 0 Å². The molecular weight excluding hydrogens is 224 g/mol. The van der Waals surface area contributed by atoms with Gasteiger partial charge in [0.05, 0.1) is 0 Å². The summed E-state index contributed by atoms with van der Waals surface area (Å²) in [5.41, 5.74) is 1.11. The Morgan fingerprint density at radius 1 is 0.833 bits per heavy atom. The lowest BCUT2D eigenvalue weighted by atomic mass is 10.0. The second kappa shape index (κ2) is 12.7. The summed E-state index contributed by atoms with van der Waals surface area (Å²) in [4.78, 5) is 10.6. The van der Waals surface area contributed by atoms with E-state index >= 15 is 0 Å². The third kappa shape index (κ3) is 11.7. The van der Waals surface area contributed by atoms with Crippen molar-refractivity contribution in [1.82, 2.24) is 0 Å². The minimum absolute atomic E-state index is 0.794. The maximum atomic E-state index is 10.6. The molecule has 0 aliphatic heterocycles. The molecule has 18 heavy (non-hydrogen) atoms. The van der Waals surface area contributed by atoms with Gasteiger partial charge in [-0.15, -0.1) is 0 Å². The van der Waals surface area contributed by atoms with Gasteiger partial charge in [0, 0.05) is 6.08 Å². The molecule has 0 aromatic carbocycles. The molecule has 0 heterocycles. The molecule has 0 atom stereocenters. The van der Waals surface area contributed by atoms with Crippen molar-refractivity contribution in [2.24, 2.45) is 0 Å². The van der Waals surface area contributed by atoms with Crippen LogP contribution in [0.5, 0.6) is 0 Å². The molecule has 0 saturated carbocycles. The molecule has 0 rings (SSSR count). The molecule has 2 heteroatoms. The summed E-state index contributed by atoms with van der Waals surface area (Å²) in [6, 6.07) is 0. The average Bonchev–Trinajstić information content (AvgIpc) is 2.32. The van der Waals surface area contributed by atoms with Crippen LogP contribution in [-0.2, 0) is 4.79 Å². The Kier molecular flexibility index (Phi) is 12.1. The molecule has 0 fully saturated rings. The summed E-state index contributed by atoms with van der Waals surface area (Å²) in [6.07, 6.45) is 14.8. The Bertz CT molecular complexity index is 231. The monoisotopic (exact) mass is 254 g/mol. The fraction of sp³-hybridized carbons (Fsp3) is 0.812. The standard InChI is InChI=1S/C16H30O2/c1-3-5-6-7-8-9-10-11-13-15(12-4-2)14-16(17)18/h14H,3-13H2,1-2H3,(H,17,18)/b15-14+. The first-order valence-electron chi connectivity index (χ1n) is 7.63. The number of hydrogen-bond acceptors (Lipinski definition) is 1. The molecule has 2 nitrogen and oxygen atoms in total. The number of allylic oxidation sites excluding steroid dienone is 1. The number of hydrogen-bond donors (Lipinski definition) is 1. The third-order valence-corrected chi connectivity index (χ3v) is 3.25. The summed E-state index contributed by atoms with van der Waals surface area (Å²) in [6.45, 7) is 4.34. The van der Waals surface area contributed by atoms with E-state index in [9.17, 15) is 4.79 Å². The number of carbonyl (C=O) groups is 1. The molecule has 0 spiro atoms. The summed E-state index contributed by atoms with van der Waals surface area (Å²) >= 11 is 0. The fourth-order valence-corrected chi connectivity index (χ4v) is 2.25. The average molecular weight is 254 g/mol. The van der Waals surface area contributed by atoms with Gasteiger partial charge in [-0.25, -0.2) is 4.79 Å². The molecule has 0 radical (unpaired) electrons. The molecule has 106 valence electrons. The van der Waals surface area contributed by atoms with Crippen molar-refractivity contribution in [1.29, 1.82) is 0 Å². The molecule has 1 N–H and O–H groups in total. The molecule has 0 unspecified atom stereocenters. The first kappa shape index (κ1) is 17.2. The van der Waals surface area contributed by atoms with Crippen LogP contribution in [0.25, 0.3) is 0 Å². The lowest BCUT2D eigenvalue weighted by molar-refractivity contribution is -0.131. The fourth-order valence-electron chi connectivity index (χ4n) is 2.25. The molecular formula is C16H30O2. The van der Waals surface area contributed by atoms with Gasteiger partial charge in [0.2, 0.25) is 0 Å². The van der Waals surface area contributed by atoms with E-state index in [2.05, 4.69) is 13.8 Å². The van der Waals surface area contributed by atoms with E-state index in [0.29, 0.717) is 0 Å². The molecule has 0 bridgehead atoms. The zero-order valence-corrected chi connectivity index (χ0v) is 12.2. The normalized spacial score (nSPS) is 11.8. The van der Waals surface area contributed by atoms with Crippen molar-refractivity contribution >= 4 is 5.97 Å². The SMILES string of the molecule is CCCCCCCCCC/C(=C/C(=O)O)CCC. The predicted octanol–water partition coefficient (Wildman–Crippen LogP) is 5.33. The second-order valence-electron chi connectivity index (χ2n) is 5.12. The van der Waals surface area contributed by atoms with Gasteiger partial charge in [-0.05, 0) is 19.3 Å². The highest BCUT2D eigenvalue weighted by Gasteiger charge is 2.00. The van der Waals surface area contributed by atoms with Crippen molar-refractivity contribution in [2.45, 2.75) is 84.5 Å². The minimum atomic E-state index is -0.794. The molecule has 0 amide bonds. The minimum Gasteiger partial charge on any atom is -0.478 e. The predicted molar refractivity (Wildman–Crippen MR) is 77.9 cm³/mol. The highest BCUT2D eigenvalue weighted by Crippen LogP contribution is 2.16. The lowest BCUT2D eigenvalue weighted by Gasteiger charge is -2.05. The van der Waals surface area contributed by atoms with Crippen molar-refractivity contribution in [3.05, 3.63) is 11.6 Å². The number of aliphatic carboxylic acids is 1. The van der Waals surface area contributed by atoms with Gasteiger partial charge in [-0.3, -0.25) is 0 Å². The number of carboxylic acids is 1. The van der Waals surface area contributed by atoms with Gasteiger partial charge in [0.15, 0.2) is 0 Å². The van der Waals surface area contributed by atoms with E-state index in [1.807, 2.05) is 0 Å². The summed E-state index contributed by atoms with van der Waals surface area (Å²) in [5.74, 6) is -0.794. The molecule has 0 aromatic heterocycles. The van der Waals surface area contributed by atoms with E-state index in [1.165, 1.54) is 51.0 Å². The van der Waals surface area contributed by atoms with Crippen molar-refractivity contribution in [3.63, 3.8) is 0 Å². The first-order chi connectivity index (χ1) is 8.70. The van der Waals surface area contributed by atoms with Crippen LogP contribution in [0, 0.1) is 0 Å². The van der Waals surface area contributed by atoms with E-state index < -0.39 is 5.97 Å². The van der Waals surface area contributed by atoms with Gasteiger partial charge < -0.3 is 5.11 Å². The number of carboxylic acid groups (broad SMARTS) is 1. The van der Waals surface area contributed by atoms with Crippen LogP contribution >= 0.6 is 0 Å². The van der Waals surface area contributed by atoms with Crippen molar-refractivity contribution in [2.75, 3.05) is 0 Å². The first-order valence-corrected chi connectivity index (χ1v) is 7.63. The second-order valence-corrected chi connectivity index (χ2v) is 5.12. The quantitative estimate of drug-likeness (QED) is 0.377. The van der Waals surface area contributed by atoms with E-state index in [0.717, 1.165) is 31.3 Å². The van der Waals surface area contributed by atoms with Gasteiger partial charge in [-0.2, -0.15) is 0 Å². The van der Waals surface area contributed by atoms with Crippen LogP contribution in [0.1, 0.15) is 84.5 Å². The Hall–Kier alpha value is -0.790. The van der Waals surface area contributed by atoms with Gasteiger partial charge in [0.25, 0.3) is 0 Å². The van der Waals surface area contributed by atoms with E-state index in [-0.39, 0.29) is 0 Å². The van der Waals surface area contributed by atoms with Gasteiger partial charge in [0.1, 0.15) is 0 Å². The van der Waals surface area contributed by atoms with Crippen LogP contribution in [0.3, 0.4) is 0 Å². The maximum absolute atomic E-state index is 10.6. The van der Waals surface area contributed by atoms with Crippen LogP contribution in [-0.4, -0.2) is 11.1 Å². The summed E-state index contributed by atoms with van der Waals surface area (Å²) < 4.78 is 0. The highest BCUT2D eigenvalue weighted by atomic mass is 16.4. The molecule has 0 aromatic rings. The van der Waals surface area contributed by atoms with Gasteiger partial charge >= 0.3 is 5.97 Å². The lowest BCUT2D eigenvalue weighted by Crippen LogP contribution is -1.93. The zero-order valence-electron chi connectivity index (χ0n) is 12.2. The van der Waals surface area contributed by atoms with Crippen LogP contribution < -0.4 is 0 Å². The highest BCUT2D eigenvalue weighted by molar-refractivity contribution is 5.80. The Balaban J connectivity index is 3.52. The smallest absolute Gasteiger partial charge is 0.328 e. The number of rotatable bonds is 12. The molecule has 0 saturated heterocycles. The maximum Gasteiger partial charge on any atom is 0.328 e. The Morgan fingerprint density at radius 3 is 1.89 bits per heavy atom. The Labute approximate surface area is 112 Å². The van der Waals surface area contributed by atoms with Crippen LogP contribution in [0.15, 0.2) is 11.6 Å². The van der Waals surface area contributed by atoms with Crippen LogP contribution in [0.4, 0.5) is 0 Å². The topological polar surface area (TPSA) is 37.3 Å². The zero-order chi connectivity index (χ0) is 13.6. The number of unbranched alkanes of at least 4 members (excludes halogenated alkanes) is 7. The Morgan fingerprint density at radius 2 is 1.39 bits per heavy atom. The van der Waals surface area contributed by atoms with Crippen molar-refractivity contribution < 1.29 is 9.90 Å². The molecule has 0 aliphatic rings. The largest absolute Gasteiger partial charge is 0.478 e. The summed E-state index contributed by atoms with van der Waals surface area (Å²) in [7, 11) is 0. The van der Waals surface area contributed by atoms with Gasteiger partial charge in [-0.1, -0.05) is 70.8 Å². The third-order valence-electron chi connectivity index (χ3n) is 3.25. The van der Waals surface area contributed by atoms with Crippen molar-refractivity contribution in [3.8, 4) is 0 Å².